The highest BCUT2D eigenvalue weighted by molar-refractivity contribution is 6.02. The lowest BCUT2D eigenvalue weighted by atomic mass is 9.92. The maximum absolute atomic E-state index is 11.9. The predicted molar refractivity (Wildman–Crippen MR) is 133 cm³/mol. The number of aryl methyl sites for hydroxylation is 1. The molecule has 1 fully saturated rings. The van der Waals surface area contributed by atoms with E-state index in [0.29, 0.717) is 34.9 Å². The first-order valence-corrected chi connectivity index (χ1v) is 11.8. The van der Waals surface area contributed by atoms with E-state index in [2.05, 4.69) is 26.1 Å². The molecule has 1 aliphatic rings. The number of carbonyl (C=O) groups excluding carboxylic acids is 1. The number of nitrogen functional groups attached to an aromatic ring is 1. The lowest BCUT2D eigenvalue weighted by molar-refractivity contribution is 0.130. The molecule has 0 unspecified atom stereocenters. The Morgan fingerprint density at radius 1 is 1.23 bits per heavy atom. The van der Waals surface area contributed by atoms with Gasteiger partial charge in [0.1, 0.15) is 5.75 Å². The van der Waals surface area contributed by atoms with Crippen LogP contribution in [0.3, 0.4) is 0 Å². The maximum Gasteiger partial charge on any atom is 0.411 e. The van der Waals surface area contributed by atoms with Crippen molar-refractivity contribution in [3.63, 3.8) is 0 Å². The summed E-state index contributed by atoms with van der Waals surface area (Å²) in [7, 11) is 0. The van der Waals surface area contributed by atoms with Crippen molar-refractivity contribution in [3.8, 4) is 17.0 Å². The summed E-state index contributed by atoms with van der Waals surface area (Å²) < 4.78 is 18.4. The first-order chi connectivity index (χ1) is 16.9. The Balaban J connectivity index is 1.46. The van der Waals surface area contributed by atoms with Gasteiger partial charge in [0.2, 0.25) is 11.7 Å². The molecule has 35 heavy (non-hydrogen) atoms. The third-order valence-corrected chi connectivity index (χ3v) is 6.14. The van der Waals surface area contributed by atoms with Crippen LogP contribution in [-0.2, 0) is 11.3 Å². The Morgan fingerprint density at radius 3 is 2.63 bits per heavy atom. The molecule has 9 heteroatoms. The van der Waals surface area contributed by atoms with Crippen molar-refractivity contribution in [1.82, 2.24) is 14.7 Å². The minimum Gasteiger partial charge on any atom is -0.485 e. The number of aromatic nitrogens is 3. The van der Waals surface area contributed by atoms with Crippen LogP contribution in [0.4, 0.5) is 16.2 Å². The zero-order chi connectivity index (χ0) is 24.5. The number of nitrogens with two attached hydrogens (primary N) is 1. The fourth-order valence-corrected chi connectivity index (χ4v) is 4.35. The molecule has 0 atom stereocenters. The van der Waals surface area contributed by atoms with E-state index < -0.39 is 6.09 Å². The molecule has 1 amide bonds. The van der Waals surface area contributed by atoms with E-state index in [1.807, 2.05) is 50.2 Å². The molecular weight excluding hydrogens is 446 g/mol. The van der Waals surface area contributed by atoms with Crippen molar-refractivity contribution in [2.75, 3.05) is 11.1 Å². The summed E-state index contributed by atoms with van der Waals surface area (Å²) in [6, 6.07) is 14.0. The van der Waals surface area contributed by atoms with Gasteiger partial charge in [0.25, 0.3) is 0 Å². The second-order valence-corrected chi connectivity index (χ2v) is 9.07. The first kappa shape index (κ1) is 22.8. The monoisotopic (exact) mass is 475 g/mol. The van der Waals surface area contributed by atoms with Gasteiger partial charge in [-0.1, -0.05) is 17.3 Å². The number of hydrogen-bond donors (Lipinski definition) is 2. The summed E-state index contributed by atoms with van der Waals surface area (Å²) in [6.45, 7) is 5.58. The van der Waals surface area contributed by atoms with Crippen LogP contribution < -0.4 is 15.8 Å². The van der Waals surface area contributed by atoms with Gasteiger partial charge >= 0.3 is 6.09 Å². The number of fused-ring (bicyclic) bond motifs is 1. The van der Waals surface area contributed by atoms with Crippen LogP contribution in [0.1, 0.15) is 50.9 Å². The van der Waals surface area contributed by atoms with E-state index in [4.69, 9.17) is 19.7 Å². The standard InChI is InChI=1S/C26H29N5O4/c1-15(2)34-26(32)29-18-9-7-17(8-10-18)25-24(27)21-13-20(33-14-23-28-16(3)35-30-23)11-12-22(21)31(25)19-5-4-6-19/h7-13,15,19H,4-6,14,27H2,1-3H3,(H,29,32). The molecular formula is C26H29N5O4. The Bertz CT molecular complexity index is 1350. The van der Waals surface area contributed by atoms with Crippen molar-refractivity contribution in [2.45, 2.75) is 58.8 Å². The van der Waals surface area contributed by atoms with Gasteiger partial charge < -0.3 is 24.3 Å². The predicted octanol–water partition coefficient (Wildman–Crippen LogP) is 5.84. The highest BCUT2D eigenvalue weighted by atomic mass is 16.6. The van der Waals surface area contributed by atoms with E-state index in [1.54, 1.807) is 6.92 Å². The number of carbonyl (C=O) groups is 1. The lowest BCUT2D eigenvalue weighted by Gasteiger charge is -2.30. The molecule has 2 aromatic carbocycles. The minimum absolute atomic E-state index is 0.183. The number of amides is 1. The van der Waals surface area contributed by atoms with Gasteiger partial charge in [-0.3, -0.25) is 5.32 Å². The van der Waals surface area contributed by atoms with E-state index in [0.717, 1.165) is 35.0 Å². The third-order valence-electron chi connectivity index (χ3n) is 6.14. The molecule has 9 nitrogen and oxygen atoms in total. The zero-order valence-corrected chi connectivity index (χ0v) is 20.1. The molecule has 0 saturated heterocycles. The van der Waals surface area contributed by atoms with Crippen LogP contribution in [0.15, 0.2) is 47.0 Å². The SMILES string of the molecule is Cc1nc(COc2ccc3c(c2)c(N)c(-c2ccc(NC(=O)OC(C)C)cc2)n3C2CCC2)no1. The molecule has 182 valence electrons. The van der Waals surface area contributed by atoms with Crippen LogP contribution in [0.25, 0.3) is 22.2 Å². The summed E-state index contributed by atoms with van der Waals surface area (Å²) in [5, 5.41) is 7.57. The molecule has 5 rings (SSSR count). The molecule has 2 heterocycles. The van der Waals surface area contributed by atoms with Gasteiger partial charge in [-0.2, -0.15) is 4.98 Å². The quantitative estimate of drug-likeness (QED) is 0.345. The Hall–Kier alpha value is -4.01. The van der Waals surface area contributed by atoms with Gasteiger partial charge in [-0.25, -0.2) is 4.79 Å². The lowest BCUT2D eigenvalue weighted by Crippen LogP contribution is -2.18. The Labute approximate surface area is 203 Å². The number of nitrogens with zero attached hydrogens (tertiary/aromatic N) is 3. The molecule has 1 aliphatic carbocycles. The van der Waals surface area contributed by atoms with Crippen LogP contribution in [0.2, 0.25) is 0 Å². The molecule has 2 aromatic heterocycles. The molecule has 0 aliphatic heterocycles. The van der Waals surface area contributed by atoms with Gasteiger partial charge in [0.15, 0.2) is 6.61 Å². The van der Waals surface area contributed by atoms with Crippen LogP contribution in [0.5, 0.6) is 5.75 Å². The van der Waals surface area contributed by atoms with Gasteiger partial charge in [0.05, 0.1) is 23.0 Å². The highest BCUT2D eigenvalue weighted by Gasteiger charge is 2.27. The Morgan fingerprint density at radius 2 is 2.00 bits per heavy atom. The summed E-state index contributed by atoms with van der Waals surface area (Å²) in [5.41, 5.74) is 11.1. The number of ether oxygens (including phenoxy) is 2. The summed E-state index contributed by atoms with van der Waals surface area (Å²) in [4.78, 5) is 16.1. The van der Waals surface area contributed by atoms with Gasteiger partial charge in [-0.05, 0) is 63.4 Å². The molecule has 0 bridgehead atoms. The maximum atomic E-state index is 11.9. The van der Waals surface area contributed by atoms with Crippen molar-refractivity contribution < 1.29 is 18.8 Å². The van der Waals surface area contributed by atoms with E-state index in [1.165, 1.54) is 6.42 Å². The van der Waals surface area contributed by atoms with Crippen molar-refractivity contribution >= 4 is 28.4 Å². The summed E-state index contributed by atoms with van der Waals surface area (Å²) >= 11 is 0. The fraction of sp³-hybridized carbons (Fsp3) is 0.346. The topological polar surface area (TPSA) is 117 Å². The van der Waals surface area contributed by atoms with Crippen molar-refractivity contribution in [2.24, 2.45) is 0 Å². The van der Waals surface area contributed by atoms with Gasteiger partial charge in [-0.15, -0.1) is 0 Å². The molecule has 0 spiro atoms. The summed E-state index contributed by atoms with van der Waals surface area (Å²) in [5.74, 6) is 1.69. The van der Waals surface area contributed by atoms with E-state index in [9.17, 15) is 4.79 Å². The number of hydrogen-bond acceptors (Lipinski definition) is 7. The number of rotatable bonds is 7. The van der Waals surface area contributed by atoms with Crippen LogP contribution in [-0.4, -0.2) is 26.9 Å². The molecule has 3 N–H and O–H groups in total. The molecule has 1 saturated carbocycles. The number of anilines is 2. The number of nitrogens with one attached hydrogen (secondary N) is 1. The minimum atomic E-state index is -0.473. The summed E-state index contributed by atoms with van der Waals surface area (Å²) in [6.07, 6.45) is 2.78. The average Bonchev–Trinajstić information content (AvgIpc) is 3.32. The second kappa shape index (κ2) is 9.32. The highest BCUT2D eigenvalue weighted by Crippen LogP contribution is 2.45. The molecule has 4 aromatic rings. The largest absolute Gasteiger partial charge is 0.485 e. The van der Waals surface area contributed by atoms with Gasteiger partial charge in [0, 0.05) is 29.6 Å². The van der Waals surface area contributed by atoms with Crippen LogP contribution >= 0.6 is 0 Å². The van der Waals surface area contributed by atoms with Crippen molar-refractivity contribution in [3.05, 3.63) is 54.2 Å². The van der Waals surface area contributed by atoms with Crippen LogP contribution in [0, 0.1) is 6.92 Å². The first-order valence-electron chi connectivity index (χ1n) is 11.8. The average molecular weight is 476 g/mol. The van der Waals surface area contributed by atoms with Crippen molar-refractivity contribution in [1.29, 1.82) is 0 Å². The fourth-order valence-electron chi connectivity index (χ4n) is 4.35. The van der Waals surface area contributed by atoms with E-state index in [-0.39, 0.29) is 12.7 Å². The second-order valence-electron chi connectivity index (χ2n) is 9.07. The zero-order valence-electron chi connectivity index (χ0n) is 20.1. The number of benzene rings is 2. The normalized spacial score (nSPS) is 13.7. The van der Waals surface area contributed by atoms with E-state index >= 15 is 0 Å². The Kier molecular flexibility index (Phi) is 6.07. The third kappa shape index (κ3) is 4.66. The smallest absolute Gasteiger partial charge is 0.411 e. The molecule has 0 radical (unpaired) electrons.